The van der Waals surface area contributed by atoms with Crippen molar-refractivity contribution < 1.29 is 24.9 Å². The summed E-state index contributed by atoms with van der Waals surface area (Å²) in [5, 5.41) is 42.9. The summed E-state index contributed by atoms with van der Waals surface area (Å²) in [4.78, 5) is 20.2. The molecule has 2 aromatic heterocycles. The highest BCUT2D eigenvalue weighted by molar-refractivity contribution is 7.99. The number of anilines is 1. The Hall–Kier alpha value is -3.06. The number of benzene rings is 1. The summed E-state index contributed by atoms with van der Waals surface area (Å²) in [7, 11) is 0. The van der Waals surface area contributed by atoms with Crippen molar-refractivity contribution in [2.75, 3.05) is 17.7 Å². The fourth-order valence-corrected chi connectivity index (χ4v) is 5.06. The zero-order valence-corrected chi connectivity index (χ0v) is 20.5. The second-order valence-electron chi connectivity index (χ2n) is 8.94. The number of rotatable bonds is 10. The fraction of sp³-hybridized carbons (Fsp3) is 0.458. The standard InChI is InChI=1S/C24H28N6O5S/c1-2-10-36-24-26-22(25-15-11-14(15)13-6-4-3-5-7-13)19-23(27-24)30(29-28-19)16-8-9-17(21(34)20(16)33)35-12-18(31)32/h3-9,14-17,20-21,33-34H,2,10-12H2,1H3,(H,31,32)(H,25,26,27)/t14?,15?,16-,17+,20+,21-/m1/s1. The molecular formula is C24H28N6O5S. The predicted octanol–water partition coefficient (Wildman–Crippen LogP) is 1.99. The predicted molar refractivity (Wildman–Crippen MR) is 133 cm³/mol. The van der Waals surface area contributed by atoms with Gasteiger partial charge in [-0.2, -0.15) is 0 Å². The number of aliphatic hydroxyl groups excluding tert-OH is 2. The molecule has 190 valence electrons. The number of fused-ring (bicyclic) bond motifs is 1. The largest absolute Gasteiger partial charge is 0.480 e. The van der Waals surface area contributed by atoms with Crippen molar-refractivity contribution in [2.45, 2.75) is 61.2 Å². The number of ether oxygens (including phenoxy) is 1. The first-order chi connectivity index (χ1) is 17.5. The van der Waals surface area contributed by atoms with E-state index in [-0.39, 0.29) is 6.04 Å². The number of nitrogens with zero attached hydrogens (tertiary/aromatic N) is 5. The number of thioether (sulfide) groups is 1. The minimum absolute atomic E-state index is 0.216. The number of nitrogens with one attached hydrogen (secondary N) is 1. The fourth-order valence-electron chi connectivity index (χ4n) is 4.36. The molecule has 5 rings (SSSR count). The first-order valence-electron chi connectivity index (χ1n) is 11.9. The van der Waals surface area contributed by atoms with Crippen molar-refractivity contribution in [1.82, 2.24) is 25.0 Å². The van der Waals surface area contributed by atoms with Crippen LogP contribution in [0.1, 0.15) is 37.3 Å². The quantitative estimate of drug-likeness (QED) is 0.179. The van der Waals surface area contributed by atoms with Crippen LogP contribution in [0.5, 0.6) is 0 Å². The molecule has 1 fully saturated rings. The summed E-state index contributed by atoms with van der Waals surface area (Å²) in [6, 6.07) is 9.77. The van der Waals surface area contributed by atoms with E-state index in [1.165, 1.54) is 28.1 Å². The molecule has 0 saturated heterocycles. The number of aromatic nitrogens is 5. The van der Waals surface area contributed by atoms with Gasteiger partial charge in [0.1, 0.15) is 31.0 Å². The van der Waals surface area contributed by atoms with Gasteiger partial charge in [-0.3, -0.25) is 0 Å². The van der Waals surface area contributed by atoms with Crippen molar-refractivity contribution in [3.05, 3.63) is 48.0 Å². The van der Waals surface area contributed by atoms with Gasteiger partial charge in [-0.15, -0.1) is 5.10 Å². The zero-order chi connectivity index (χ0) is 25.2. The molecule has 11 nitrogen and oxygen atoms in total. The molecule has 2 aliphatic rings. The second-order valence-corrected chi connectivity index (χ2v) is 10.0. The van der Waals surface area contributed by atoms with Gasteiger partial charge in [0.05, 0.1) is 0 Å². The number of carboxylic acid groups (broad SMARTS) is 1. The third-order valence-corrected chi connectivity index (χ3v) is 7.35. The lowest BCUT2D eigenvalue weighted by molar-refractivity contribution is -0.148. The van der Waals surface area contributed by atoms with Crippen LogP contribution in [0, 0.1) is 0 Å². The van der Waals surface area contributed by atoms with Crippen LogP contribution in [0.3, 0.4) is 0 Å². The van der Waals surface area contributed by atoms with Gasteiger partial charge in [0.25, 0.3) is 0 Å². The number of aliphatic hydroxyl groups is 2. The van der Waals surface area contributed by atoms with Crippen LogP contribution in [0.4, 0.5) is 5.82 Å². The molecule has 3 aromatic rings. The van der Waals surface area contributed by atoms with Gasteiger partial charge >= 0.3 is 5.97 Å². The maximum absolute atomic E-state index is 10.8. The highest BCUT2D eigenvalue weighted by Gasteiger charge is 2.40. The van der Waals surface area contributed by atoms with Crippen molar-refractivity contribution in [3.63, 3.8) is 0 Å². The van der Waals surface area contributed by atoms with E-state index in [9.17, 15) is 15.0 Å². The zero-order valence-electron chi connectivity index (χ0n) is 19.6. The highest BCUT2D eigenvalue weighted by atomic mass is 32.2. The van der Waals surface area contributed by atoms with Crippen molar-refractivity contribution in [3.8, 4) is 0 Å². The number of hydrogen-bond acceptors (Lipinski definition) is 10. The highest BCUT2D eigenvalue weighted by Crippen LogP contribution is 2.43. The van der Waals surface area contributed by atoms with Crippen molar-refractivity contribution in [1.29, 1.82) is 0 Å². The lowest BCUT2D eigenvalue weighted by atomic mass is 9.94. The lowest BCUT2D eigenvalue weighted by Gasteiger charge is -2.32. The summed E-state index contributed by atoms with van der Waals surface area (Å²) in [5.41, 5.74) is 2.19. The topological polar surface area (TPSA) is 156 Å². The van der Waals surface area contributed by atoms with E-state index in [0.29, 0.717) is 28.1 Å². The van der Waals surface area contributed by atoms with Crippen LogP contribution in [0.25, 0.3) is 11.2 Å². The average molecular weight is 513 g/mol. The Morgan fingerprint density at radius 1 is 1.19 bits per heavy atom. The van der Waals surface area contributed by atoms with Crippen LogP contribution in [-0.4, -0.2) is 83.0 Å². The Kier molecular flexibility index (Phi) is 7.19. The molecule has 0 amide bonds. The molecule has 2 unspecified atom stereocenters. The van der Waals surface area contributed by atoms with Crippen molar-refractivity contribution >= 4 is 34.7 Å². The molecule has 0 radical (unpaired) electrons. The van der Waals surface area contributed by atoms with Crippen molar-refractivity contribution in [2.24, 2.45) is 0 Å². The maximum atomic E-state index is 10.8. The van der Waals surface area contributed by atoms with Gasteiger partial charge in [-0.1, -0.05) is 66.4 Å². The summed E-state index contributed by atoms with van der Waals surface area (Å²) in [6.07, 6.45) is 1.49. The Balaban J connectivity index is 1.43. The number of carboxylic acids is 1. The molecule has 1 aromatic carbocycles. The van der Waals surface area contributed by atoms with Gasteiger partial charge in [0, 0.05) is 17.7 Å². The molecule has 2 heterocycles. The van der Waals surface area contributed by atoms with Crippen LogP contribution in [0.15, 0.2) is 47.6 Å². The molecule has 4 N–H and O–H groups in total. The Bertz CT molecular complexity index is 1250. The van der Waals surface area contributed by atoms with E-state index >= 15 is 0 Å². The van der Waals surface area contributed by atoms with Gasteiger partial charge in [0.2, 0.25) is 0 Å². The van der Waals surface area contributed by atoms with Crippen LogP contribution >= 0.6 is 11.8 Å². The first kappa shape index (κ1) is 24.6. The van der Waals surface area contributed by atoms with E-state index in [1.54, 1.807) is 6.08 Å². The maximum Gasteiger partial charge on any atom is 0.329 e. The Morgan fingerprint density at radius 3 is 2.75 bits per heavy atom. The molecular weight excluding hydrogens is 484 g/mol. The van der Waals surface area contributed by atoms with E-state index < -0.39 is 36.9 Å². The van der Waals surface area contributed by atoms with Gasteiger partial charge in [0.15, 0.2) is 22.1 Å². The number of carbonyl (C=O) groups is 1. The van der Waals surface area contributed by atoms with Gasteiger partial charge in [-0.05, 0) is 18.4 Å². The SMILES string of the molecule is CCCSc1nc(NC2CC2c2ccccc2)c2nnn([C@@H]3C=C[C@H](OCC(=O)O)[C@@H](O)[C@H]3O)c2n1. The monoisotopic (exact) mass is 512 g/mol. The third kappa shape index (κ3) is 5.07. The number of hydrogen-bond donors (Lipinski definition) is 4. The van der Waals surface area contributed by atoms with Gasteiger partial charge < -0.3 is 25.4 Å². The summed E-state index contributed by atoms with van der Waals surface area (Å²) in [5.74, 6) is 0.661. The normalized spacial score (nSPS) is 27.3. The Labute approximate surface area is 211 Å². The molecule has 36 heavy (non-hydrogen) atoms. The van der Waals surface area contributed by atoms with E-state index in [1.807, 2.05) is 18.2 Å². The Morgan fingerprint density at radius 2 is 2.00 bits per heavy atom. The molecule has 0 aliphatic heterocycles. The number of aliphatic carboxylic acids is 1. The van der Waals surface area contributed by atoms with Crippen LogP contribution < -0.4 is 5.32 Å². The molecule has 1 saturated carbocycles. The van der Waals surface area contributed by atoms with Crippen LogP contribution in [0.2, 0.25) is 0 Å². The smallest absolute Gasteiger partial charge is 0.329 e. The minimum atomic E-state index is -1.34. The lowest BCUT2D eigenvalue weighted by Crippen LogP contribution is -2.46. The third-order valence-electron chi connectivity index (χ3n) is 6.29. The molecule has 0 spiro atoms. The second kappa shape index (κ2) is 10.5. The molecule has 2 aliphatic carbocycles. The first-order valence-corrected chi connectivity index (χ1v) is 12.9. The minimum Gasteiger partial charge on any atom is -0.480 e. The summed E-state index contributed by atoms with van der Waals surface area (Å²) >= 11 is 1.53. The van der Waals surface area contributed by atoms with E-state index in [0.717, 1.165) is 18.6 Å². The van der Waals surface area contributed by atoms with E-state index in [2.05, 4.69) is 39.7 Å². The summed E-state index contributed by atoms with van der Waals surface area (Å²) < 4.78 is 6.65. The van der Waals surface area contributed by atoms with Crippen LogP contribution in [-0.2, 0) is 9.53 Å². The summed E-state index contributed by atoms with van der Waals surface area (Å²) in [6.45, 7) is 1.50. The van der Waals surface area contributed by atoms with Gasteiger partial charge in [-0.25, -0.2) is 19.4 Å². The van der Waals surface area contributed by atoms with E-state index in [4.69, 9.17) is 14.8 Å². The molecule has 6 atom stereocenters. The average Bonchev–Trinajstić information content (AvgIpc) is 3.52. The molecule has 12 heteroatoms. The molecule has 0 bridgehead atoms.